The average Bonchev–Trinajstić information content (AvgIpc) is 1.85. The van der Waals surface area contributed by atoms with Gasteiger partial charge in [-0.05, 0) is 23.7 Å². The summed E-state index contributed by atoms with van der Waals surface area (Å²) in [7, 11) is 4.46. The van der Waals surface area contributed by atoms with E-state index in [4.69, 9.17) is 0 Å². The van der Waals surface area contributed by atoms with Gasteiger partial charge in [0.1, 0.15) is 11.6 Å². The van der Waals surface area contributed by atoms with Crippen LogP contribution in [0.3, 0.4) is 0 Å². The Morgan fingerprint density at radius 1 is 1.00 bits per heavy atom. The Labute approximate surface area is 78.1 Å². The molecule has 5 heteroatoms. The largest absolute Gasteiger partial charge is 0.299 e. The molecule has 0 aliphatic heterocycles. The van der Waals surface area contributed by atoms with Crippen LogP contribution in [0.4, 0.5) is 0 Å². The normalized spacial score (nSPS) is 9.64. The third kappa shape index (κ3) is 10.4. The second kappa shape index (κ2) is 7.06. The van der Waals surface area contributed by atoms with E-state index in [9.17, 15) is 9.59 Å². The summed E-state index contributed by atoms with van der Waals surface area (Å²) >= 11 is 0. The van der Waals surface area contributed by atoms with Gasteiger partial charge < -0.3 is 0 Å². The molecule has 0 saturated heterocycles. The van der Waals surface area contributed by atoms with Gasteiger partial charge in [-0.3, -0.25) is 9.59 Å². The van der Waals surface area contributed by atoms with Crippen LogP contribution in [0.15, 0.2) is 0 Å². The molecule has 0 aromatic heterocycles. The van der Waals surface area contributed by atoms with Crippen LogP contribution in [0, 0.1) is 0 Å². The predicted octanol–water partition coefficient (Wildman–Crippen LogP) is 2.19. The summed E-state index contributed by atoms with van der Waals surface area (Å²) in [5.74, 6) is 1.39. The molecule has 64 valence electrons. The molecule has 0 aromatic rings. The Bertz CT molecular complexity index is 131. The average molecular weight is 210 g/mol. The minimum Gasteiger partial charge on any atom is -0.299 e. The van der Waals surface area contributed by atoms with Crippen LogP contribution in [0.5, 0.6) is 0 Å². The number of hydrogen-bond acceptors (Lipinski definition) is 5. The first-order valence-corrected chi connectivity index (χ1v) is 6.85. The summed E-state index contributed by atoms with van der Waals surface area (Å²) < 4.78 is 0. The van der Waals surface area contributed by atoms with Gasteiger partial charge in [-0.2, -0.15) is 0 Å². The lowest BCUT2D eigenvalue weighted by atomic mass is 10.5. The highest BCUT2D eigenvalue weighted by molar-refractivity contribution is 9.09. The first-order chi connectivity index (χ1) is 5.13. The van der Waals surface area contributed by atoms with E-state index in [0.29, 0.717) is 11.5 Å². The zero-order valence-corrected chi connectivity index (χ0v) is 8.90. The molecule has 0 amide bonds. The molecule has 0 aliphatic carbocycles. The maximum absolute atomic E-state index is 10.4. The molecular weight excluding hydrogens is 200 g/mol. The molecule has 0 bridgehead atoms. The standard InChI is InChI=1S/C6H10O2S3/c1-5(7)3-9-11-10-4-6(2)8/h3-4H2,1-2H3. The Balaban J connectivity index is 3.03. The van der Waals surface area contributed by atoms with E-state index in [-0.39, 0.29) is 11.6 Å². The van der Waals surface area contributed by atoms with Crippen LogP contribution in [-0.2, 0) is 9.59 Å². The Morgan fingerprint density at radius 3 is 1.64 bits per heavy atom. The Kier molecular flexibility index (Phi) is 7.31. The smallest absolute Gasteiger partial charge is 0.140 e. The van der Waals surface area contributed by atoms with Crippen molar-refractivity contribution >= 4 is 43.0 Å². The second-order valence-electron chi connectivity index (χ2n) is 2.00. The molecule has 0 radical (unpaired) electrons. The van der Waals surface area contributed by atoms with Crippen LogP contribution < -0.4 is 0 Å². The van der Waals surface area contributed by atoms with E-state index >= 15 is 0 Å². The fourth-order valence-electron chi connectivity index (χ4n) is 0.248. The first kappa shape index (κ1) is 11.4. The number of carbonyl (C=O) groups is 2. The Hall–Kier alpha value is 0.390. The minimum absolute atomic E-state index is 0.172. The van der Waals surface area contributed by atoms with Crippen LogP contribution in [-0.4, -0.2) is 23.1 Å². The van der Waals surface area contributed by atoms with Gasteiger partial charge in [-0.25, -0.2) is 0 Å². The number of rotatable bonds is 6. The molecule has 0 spiro atoms. The van der Waals surface area contributed by atoms with E-state index in [1.807, 2.05) is 0 Å². The first-order valence-electron chi connectivity index (χ1n) is 3.03. The summed E-state index contributed by atoms with van der Waals surface area (Å²) in [6.45, 7) is 3.12. The van der Waals surface area contributed by atoms with Gasteiger partial charge in [0.2, 0.25) is 0 Å². The van der Waals surface area contributed by atoms with E-state index < -0.39 is 0 Å². The van der Waals surface area contributed by atoms with Gasteiger partial charge in [-0.1, -0.05) is 21.6 Å². The number of carbonyl (C=O) groups excluding carboxylic acids is 2. The maximum Gasteiger partial charge on any atom is 0.140 e. The third-order valence-corrected chi connectivity index (χ3v) is 4.88. The molecule has 0 aliphatic rings. The zero-order chi connectivity index (χ0) is 8.69. The van der Waals surface area contributed by atoms with Gasteiger partial charge in [0.15, 0.2) is 0 Å². The van der Waals surface area contributed by atoms with Gasteiger partial charge >= 0.3 is 0 Å². The van der Waals surface area contributed by atoms with E-state index in [0.717, 1.165) is 0 Å². The van der Waals surface area contributed by atoms with Gasteiger partial charge in [0.05, 0.1) is 11.5 Å². The van der Waals surface area contributed by atoms with E-state index in [2.05, 4.69) is 0 Å². The van der Waals surface area contributed by atoms with Crippen LogP contribution in [0.1, 0.15) is 13.8 Å². The SMILES string of the molecule is CC(=O)CSSSCC(C)=O. The predicted molar refractivity (Wildman–Crippen MR) is 53.9 cm³/mol. The van der Waals surface area contributed by atoms with Crippen molar-refractivity contribution in [2.75, 3.05) is 11.5 Å². The minimum atomic E-state index is 0.172. The summed E-state index contributed by atoms with van der Waals surface area (Å²) in [6, 6.07) is 0. The summed E-state index contributed by atoms with van der Waals surface area (Å²) in [6.07, 6.45) is 0. The lowest BCUT2D eigenvalue weighted by Crippen LogP contribution is -1.91. The van der Waals surface area contributed by atoms with Crippen molar-refractivity contribution in [3.63, 3.8) is 0 Å². The monoisotopic (exact) mass is 210 g/mol. The summed E-state index contributed by atoms with van der Waals surface area (Å²) in [5, 5.41) is 0. The molecule has 0 aromatic carbocycles. The summed E-state index contributed by atoms with van der Waals surface area (Å²) in [5.41, 5.74) is 0. The van der Waals surface area contributed by atoms with Crippen molar-refractivity contribution in [2.24, 2.45) is 0 Å². The lowest BCUT2D eigenvalue weighted by Gasteiger charge is -1.94. The van der Waals surface area contributed by atoms with Crippen molar-refractivity contribution in [3.8, 4) is 0 Å². The fourth-order valence-corrected chi connectivity index (χ4v) is 3.71. The lowest BCUT2D eigenvalue weighted by molar-refractivity contribution is -0.115. The van der Waals surface area contributed by atoms with Crippen molar-refractivity contribution in [3.05, 3.63) is 0 Å². The molecule has 0 heterocycles. The van der Waals surface area contributed by atoms with Gasteiger partial charge in [0.25, 0.3) is 0 Å². The van der Waals surface area contributed by atoms with E-state index in [1.54, 1.807) is 13.8 Å². The number of Topliss-reactive ketones (excluding diaryl/α,β-unsaturated/α-hetero) is 2. The quantitative estimate of drug-likeness (QED) is 0.496. The van der Waals surface area contributed by atoms with Crippen molar-refractivity contribution in [2.45, 2.75) is 13.8 Å². The van der Waals surface area contributed by atoms with E-state index in [1.165, 1.54) is 31.4 Å². The fraction of sp³-hybridized carbons (Fsp3) is 0.667. The van der Waals surface area contributed by atoms with Crippen molar-refractivity contribution in [1.29, 1.82) is 0 Å². The molecule has 0 rings (SSSR count). The highest BCUT2D eigenvalue weighted by Gasteiger charge is 1.97. The molecule has 2 nitrogen and oxygen atoms in total. The second-order valence-corrected chi connectivity index (χ2v) is 6.23. The zero-order valence-electron chi connectivity index (χ0n) is 6.46. The van der Waals surface area contributed by atoms with Crippen LogP contribution >= 0.6 is 31.4 Å². The van der Waals surface area contributed by atoms with Crippen molar-refractivity contribution in [1.82, 2.24) is 0 Å². The van der Waals surface area contributed by atoms with Gasteiger partial charge in [0, 0.05) is 0 Å². The van der Waals surface area contributed by atoms with Crippen LogP contribution in [0.25, 0.3) is 0 Å². The summed E-state index contributed by atoms with van der Waals surface area (Å²) in [4.78, 5) is 20.9. The third-order valence-electron chi connectivity index (χ3n) is 0.621. The molecule has 0 saturated carbocycles. The molecule has 11 heavy (non-hydrogen) atoms. The molecule has 0 atom stereocenters. The number of ketones is 2. The topological polar surface area (TPSA) is 34.1 Å². The molecule has 0 unspecified atom stereocenters. The van der Waals surface area contributed by atoms with Crippen molar-refractivity contribution < 1.29 is 9.59 Å². The maximum atomic E-state index is 10.4. The highest BCUT2D eigenvalue weighted by atomic mass is 33.5. The Morgan fingerprint density at radius 2 is 1.36 bits per heavy atom. The number of hydrogen-bond donors (Lipinski definition) is 0. The highest BCUT2D eigenvalue weighted by Crippen LogP contribution is 2.33. The molecule has 0 fully saturated rings. The van der Waals surface area contributed by atoms with Crippen LogP contribution in [0.2, 0.25) is 0 Å². The van der Waals surface area contributed by atoms with Gasteiger partial charge in [-0.15, -0.1) is 0 Å². The molecule has 0 N–H and O–H groups in total. The molecular formula is C6H10O2S3.